The predicted octanol–water partition coefficient (Wildman–Crippen LogP) is 2.86. The Kier molecular flexibility index (Phi) is 5.97. The van der Waals surface area contributed by atoms with Gasteiger partial charge in [0.15, 0.2) is 0 Å². The summed E-state index contributed by atoms with van der Waals surface area (Å²) in [5.41, 5.74) is 2.72. The minimum atomic E-state index is -0.0952. The van der Waals surface area contributed by atoms with Crippen LogP contribution >= 0.6 is 0 Å². The standard InChI is InChI=1S/C16H22N2O2/c1-11(2)9-15(19)17-10-13-5-7-14(8-6-13)18-16(20)12(3)4/h5-9,12H,10H2,1-4H3,(H,17,19)(H,18,20). The van der Waals surface area contributed by atoms with Crippen molar-refractivity contribution in [2.75, 3.05) is 5.32 Å². The lowest BCUT2D eigenvalue weighted by Gasteiger charge is -2.08. The Hall–Kier alpha value is -2.10. The molecule has 1 aromatic rings. The first kappa shape index (κ1) is 16.0. The molecule has 0 saturated heterocycles. The Morgan fingerprint density at radius 2 is 1.75 bits per heavy atom. The molecule has 0 heterocycles. The van der Waals surface area contributed by atoms with Crippen LogP contribution in [0.1, 0.15) is 33.3 Å². The summed E-state index contributed by atoms with van der Waals surface area (Å²) in [7, 11) is 0. The summed E-state index contributed by atoms with van der Waals surface area (Å²) in [6, 6.07) is 7.45. The first-order valence-corrected chi connectivity index (χ1v) is 6.71. The summed E-state index contributed by atoms with van der Waals surface area (Å²) in [6.45, 7) is 7.93. The molecule has 1 rings (SSSR count). The second kappa shape index (κ2) is 7.48. The molecule has 20 heavy (non-hydrogen) atoms. The number of anilines is 1. The third-order valence-corrected chi connectivity index (χ3v) is 2.63. The van der Waals surface area contributed by atoms with Crippen LogP contribution in [0.15, 0.2) is 35.9 Å². The Morgan fingerprint density at radius 3 is 2.25 bits per heavy atom. The molecule has 0 aliphatic heterocycles. The SMILES string of the molecule is CC(C)=CC(=O)NCc1ccc(NC(=O)C(C)C)cc1. The number of carbonyl (C=O) groups excluding carboxylic acids is 2. The van der Waals surface area contributed by atoms with Gasteiger partial charge in [0, 0.05) is 24.2 Å². The lowest BCUT2D eigenvalue weighted by molar-refractivity contribution is -0.119. The summed E-state index contributed by atoms with van der Waals surface area (Å²) < 4.78 is 0. The van der Waals surface area contributed by atoms with Crippen LogP contribution in [0.5, 0.6) is 0 Å². The Bertz CT molecular complexity index is 498. The van der Waals surface area contributed by atoms with Gasteiger partial charge in [-0.05, 0) is 31.5 Å². The van der Waals surface area contributed by atoms with Crippen LogP contribution in [0.2, 0.25) is 0 Å². The molecule has 2 amide bonds. The van der Waals surface area contributed by atoms with Crippen molar-refractivity contribution in [3.05, 3.63) is 41.5 Å². The normalized spacial score (nSPS) is 10.1. The van der Waals surface area contributed by atoms with E-state index in [1.165, 1.54) is 0 Å². The summed E-state index contributed by atoms with van der Waals surface area (Å²) in [4.78, 5) is 23.0. The molecule has 0 aromatic heterocycles. The molecule has 108 valence electrons. The smallest absolute Gasteiger partial charge is 0.244 e. The number of amides is 2. The number of carbonyl (C=O) groups is 2. The van der Waals surface area contributed by atoms with E-state index in [-0.39, 0.29) is 17.7 Å². The summed E-state index contributed by atoms with van der Waals surface area (Å²) >= 11 is 0. The molecule has 0 aliphatic rings. The lowest BCUT2D eigenvalue weighted by atomic mass is 10.1. The molecule has 0 fully saturated rings. The summed E-state index contributed by atoms with van der Waals surface area (Å²) in [5, 5.41) is 5.63. The molecule has 1 aromatic carbocycles. The molecule has 4 heteroatoms. The number of allylic oxidation sites excluding steroid dienone is 1. The van der Waals surface area contributed by atoms with E-state index >= 15 is 0 Å². The first-order chi connectivity index (χ1) is 9.38. The van der Waals surface area contributed by atoms with Crippen molar-refractivity contribution in [3.63, 3.8) is 0 Å². The number of nitrogens with one attached hydrogen (secondary N) is 2. The molecule has 0 radical (unpaired) electrons. The van der Waals surface area contributed by atoms with Crippen LogP contribution in [-0.4, -0.2) is 11.8 Å². The first-order valence-electron chi connectivity index (χ1n) is 6.71. The van der Waals surface area contributed by atoms with E-state index in [1.54, 1.807) is 6.08 Å². The third-order valence-electron chi connectivity index (χ3n) is 2.63. The molecule has 4 nitrogen and oxygen atoms in total. The van der Waals surface area contributed by atoms with E-state index in [9.17, 15) is 9.59 Å². The molecule has 0 bridgehead atoms. The van der Waals surface area contributed by atoms with E-state index in [0.717, 1.165) is 16.8 Å². The number of rotatable bonds is 5. The van der Waals surface area contributed by atoms with Crippen molar-refractivity contribution in [2.45, 2.75) is 34.2 Å². The maximum absolute atomic E-state index is 11.5. The minimum absolute atomic E-state index is 0.00499. The zero-order chi connectivity index (χ0) is 15.1. The van der Waals surface area contributed by atoms with Gasteiger partial charge in [-0.2, -0.15) is 0 Å². The Balaban J connectivity index is 2.53. The second-order valence-electron chi connectivity index (χ2n) is 5.28. The molecule has 0 atom stereocenters. The summed E-state index contributed by atoms with van der Waals surface area (Å²) in [5.74, 6) is -0.144. The highest BCUT2D eigenvalue weighted by Crippen LogP contribution is 2.10. The highest BCUT2D eigenvalue weighted by atomic mass is 16.2. The highest BCUT2D eigenvalue weighted by Gasteiger charge is 2.06. The Morgan fingerprint density at radius 1 is 1.15 bits per heavy atom. The molecule has 2 N–H and O–H groups in total. The van der Waals surface area contributed by atoms with E-state index in [2.05, 4.69) is 10.6 Å². The van der Waals surface area contributed by atoms with Gasteiger partial charge in [0.25, 0.3) is 0 Å². The number of hydrogen-bond acceptors (Lipinski definition) is 2. The van der Waals surface area contributed by atoms with Gasteiger partial charge < -0.3 is 10.6 Å². The van der Waals surface area contributed by atoms with Crippen LogP contribution in [0.25, 0.3) is 0 Å². The molecule has 0 saturated carbocycles. The molecular weight excluding hydrogens is 252 g/mol. The van der Waals surface area contributed by atoms with E-state index in [0.29, 0.717) is 6.54 Å². The fraction of sp³-hybridized carbons (Fsp3) is 0.375. The fourth-order valence-electron chi connectivity index (χ4n) is 1.49. The number of hydrogen-bond donors (Lipinski definition) is 2. The van der Waals surface area contributed by atoms with Gasteiger partial charge in [0.05, 0.1) is 0 Å². The topological polar surface area (TPSA) is 58.2 Å². The number of benzene rings is 1. The zero-order valence-electron chi connectivity index (χ0n) is 12.5. The Labute approximate surface area is 120 Å². The van der Waals surface area contributed by atoms with Crippen molar-refractivity contribution in [3.8, 4) is 0 Å². The van der Waals surface area contributed by atoms with Gasteiger partial charge in [-0.3, -0.25) is 9.59 Å². The predicted molar refractivity (Wildman–Crippen MR) is 81.2 cm³/mol. The quantitative estimate of drug-likeness (QED) is 0.811. The minimum Gasteiger partial charge on any atom is -0.348 e. The summed E-state index contributed by atoms with van der Waals surface area (Å²) in [6.07, 6.45) is 1.57. The van der Waals surface area contributed by atoms with Gasteiger partial charge in [-0.25, -0.2) is 0 Å². The highest BCUT2D eigenvalue weighted by molar-refractivity contribution is 5.92. The van der Waals surface area contributed by atoms with Gasteiger partial charge in [0.1, 0.15) is 0 Å². The van der Waals surface area contributed by atoms with E-state index in [4.69, 9.17) is 0 Å². The van der Waals surface area contributed by atoms with Crippen LogP contribution in [0.3, 0.4) is 0 Å². The van der Waals surface area contributed by atoms with Gasteiger partial charge in [-0.1, -0.05) is 31.6 Å². The third kappa shape index (κ3) is 5.69. The van der Waals surface area contributed by atoms with E-state index < -0.39 is 0 Å². The monoisotopic (exact) mass is 274 g/mol. The van der Waals surface area contributed by atoms with Crippen molar-refractivity contribution in [2.24, 2.45) is 5.92 Å². The fourth-order valence-corrected chi connectivity index (χ4v) is 1.49. The van der Waals surface area contributed by atoms with Crippen LogP contribution < -0.4 is 10.6 Å². The molecule has 0 unspecified atom stereocenters. The van der Waals surface area contributed by atoms with E-state index in [1.807, 2.05) is 52.0 Å². The molecular formula is C16H22N2O2. The second-order valence-corrected chi connectivity index (χ2v) is 5.28. The molecule has 0 aliphatic carbocycles. The van der Waals surface area contributed by atoms with Crippen LogP contribution in [-0.2, 0) is 16.1 Å². The average molecular weight is 274 g/mol. The van der Waals surface area contributed by atoms with Crippen molar-refractivity contribution in [1.29, 1.82) is 0 Å². The average Bonchev–Trinajstić information content (AvgIpc) is 2.37. The largest absolute Gasteiger partial charge is 0.348 e. The van der Waals surface area contributed by atoms with Gasteiger partial charge >= 0.3 is 0 Å². The maximum Gasteiger partial charge on any atom is 0.244 e. The van der Waals surface area contributed by atoms with Crippen molar-refractivity contribution in [1.82, 2.24) is 5.32 Å². The molecule has 0 spiro atoms. The zero-order valence-corrected chi connectivity index (χ0v) is 12.5. The van der Waals surface area contributed by atoms with Gasteiger partial charge in [0.2, 0.25) is 11.8 Å². The maximum atomic E-state index is 11.5. The van der Waals surface area contributed by atoms with Crippen LogP contribution in [0.4, 0.5) is 5.69 Å². The van der Waals surface area contributed by atoms with Crippen molar-refractivity contribution < 1.29 is 9.59 Å². The van der Waals surface area contributed by atoms with Gasteiger partial charge in [-0.15, -0.1) is 0 Å². The van der Waals surface area contributed by atoms with Crippen LogP contribution in [0, 0.1) is 5.92 Å². The van der Waals surface area contributed by atoms with Crippen molar-refractivity contribution >= 4 is 17.5 Å². The lowest BCUT2D eigenvalue weighted by Crippen LogP contribution is -2.20.